The van der Waals surface area contributed by atoms with E-state index in [1.54, 1.807) is 39.8 Å². The highest BCUT2D eigenvalue weighted by Crippen LogP contribution is 2.15. The first-order valence-corrected chi connectivity index (χ1v) is 21.6. The number of nitrogens with one attached hydrogen (secondary N) is 8. The molecule has 1 aromatic carbocycles. The van der Waals surface area contributed by atoms with Gasteiger partial charge in [-0.15, -0.1) is 0 Å². The standard InChI is InChI=1S/C42H65N11O12/c1-5-23(4)36-42(65)51-27(15-16-31(43)55)39(62)52-30(19-32(44)56)40(63)50-26(37(60)47-21-35(59)49-28(17-22(2)3)38(61)46-20-33(45)57)9-7-6-8-10-34(58)48-29(41(64)53-36)18-24-11-13-25(54)14-12-24/h11-14,22-23,26-30,36,54H,5-10,15-21H2,1-4H3,(H2,43,55)(H2,44,56)(H2,45,57)(H,46,61)(H,47,60)(H,48,58)(H,49,59)(H,50,63)(H,51,65)(H,52,62)(H,53,64)/t23?,26?,27-,28-,29-,30-,36-/m0/s1. The van der Waals surface area contributed by atoms with E-state index in [9.17, 15) is 57.8 Å². The molecule has 0 aromatic heterocycles. The van der Waals surface area contributed by atoms with Gasteiger partial charge in [0.2, 0.25) is 65.0 Å². The number of carbonyl (C=O) groups excluding carboxylic acids is 11. The van der Waals surface area contributed by atoms with Crippen LogP contribution in [0.2, 0.25) is 0 Å². The third-order valence-corrected chi connectivity index (χ3v) is 10.4. The molecular formula is C42H65N11O12. The summed E-state index contributed by atoms with van der Waals surface area (Å²) in [6, 6.07) is -2.31. The minimum Gasteiger partial charge on any atom is -0.508 e. The Balaban J connectivity index is 2.50. The maximum absolute atomic E-state index is 13.9. The molecule has 7 atom stereocenters. The Labute approximate surface area is 377 Å². The minimum atomic E-state index is -1.72. The highest BCUT2D eigenvalue weighted by molar-refractivity contribution is 5.98. The Hall–Kier alpha value is -6.81. The van der Waals surface area contributed by atoms with Gasteiger partial charge in [-0.3, -0.25) is 52.7 Å². The molecule has 1 aromatic rings. The summed E-state index contributed by atoms with van der Waals surface area (Å²) in [5.74, 6) is -9.88. The van der Waals surface area contributed by atoms with Crippen LogP contribution in [-0.2, 0) is 59.2 Å². The lowest BCUT2D eigenvalue weighted by atomic mass is 9.96. The van der Waals surface area contributed by atoms with Gasteiger partial charge in [0.25, 0.3) is 0 Å². The monoisotopic (exact) mass is 915 g/mol. The zero-order chi connectivity index (χ0) is 48.8. The van der Waals surface area contributed by atoms with Crippen molar-refractivity contribution in [3.63, 3.8) is 0 Å². The van der Waals surface area contributed by atoms with Gasteiger partial charge in [0.1, 0.15) is 42.0 Å². The average molecular weight is 916 g/mol. The molecule has 0 radical (unpaired) electrons. The zero-order valence-corrected chi connectivity index (χ0v) is 37.3. The lowest BCUT2D eigenvalue weighted by Gasteiger charge is -2.29. The van der Waals surface area contributed by atoms with E-state index < -0.39 is 133 Å². The molecule has 0 spiro atoms. The Bertz CT molecular complexity index is 1880. The fourth-order valence-electron chi connectivity index (χ4n) is 6.69. The lowest BCUT2D eigenvalue weighted by Crippen LogP contribution is -2.60. The Kier molecular flexibility index (Phi) is 22.9. The molecule has 0 aliphatic carbocycles. The molecule has 15 N–H and O–H groups in total. The number of aromatic hydroxyl groups is 1. The Morgan fingerprint density at radius 3 is 1.95 bits per heavy atom. The summed E-state index contributed by atoms with van der Waals surface area (Å²) in [7, 11) is 0. The van der Waals surface area contributed by atoms with Crippen molar-refractivity contribution in [1.82, 2.24) is 42.5 Å². The summed E-state index contributed by atoms with van der Waals surface area (Å²) in [6.45, 7) is 5.87. The minimum absolute atomic E-state index is 0.0245. The molecule has 65 heavy (non-hydrogen) atoms. The highest BCUT2D eigenvalue weighted by Gasteiger charge is 2.35. The molecule has 1 aliphatic rings. The molecule has 0 saturated carbocycles. The van der Waals surface area contributed by atoms with Crippen molar-refractivity contribution >= 4 is 65.0 Å². The fraction of sp³-hybridized carbons (Fsp3) is 0.595. The molecule has 11 amide bonds. The number of phenolic OH excluding ortho intramolecular Hbond substituents is 1. The predicted molar refractivity (Wildman–Crippen MR) is 233 cm³/mol. The molecular weight excluding hydrogens is 851 g/mol. The van der Waals surface area contributed by atoms with Gasteiger partial charge in [0, 0.05) is 19.3 Å². The fourth-order valence-corrected chi connectivity index (χ4v) is 6.69. The molecule has 1 saturated heterocycles. The molecule has 23 heteroatoms. The Morgan fingerprint density at radius 2 is 1.35 bits per heavy atom. The van der Waals surface area contributed by atoms with Crippen LogP contribution in [0, 0.1) is 11.8 Å². The maximum Gasteiger partial charge on any atom is 0.243 e. The second kappa shape index (κ2) is 27.4. The molecule has 2 unspecified atom stereocenters. The lowest BCUT2D eigenvalue weighted by molar-refractivity contribution is -0.136. The van der Waals surface area contributed by atoms with Crippen LogP contribution in [-0.4, -0.2) is 119 Å². The normalized spacial score (nSPS) is 21.4. The average Bonchev–Trinajstić information content (AvgIpc) is 3.23. The third-order valence-electron chi connectivity index (χ3n) is 10.4. The molecule has 1 aliphatic heterocycles. The number of carbonyl (C=O) groups is 11. The number of phenols is 1. The maximum atomic E-state index is 13.9. The second-order valence-corrected chi connectivity index (χ2v) is 16.5. The molecule has 2 rings (SSSR count). The van der Waals surface area contributed by atoms with Crippen molar-refractivity contribution in [2.45, 2.75) is 135 Å². The van der Waals surface area contributed by atoms with Crippen LogP contribution in [0.5, 0.6) is 5.75 Å². The SMILES string of the molecule is CCC(C)[C@@H]1NC(=O)[C@H](Cc2ccc(O)cc2)NC(=O)CCCCCC(C(=O)NCC(=O)N[C@@H](CC(C)C)C(=O)NCC(N)=O)NC(=O)[C@H](CC(N)=O)NC(=O)[C@H](CCC(N)=O)NC1=O. The number of nitrogens with two attached hydrogens (primary N) is 3. The van der Waals surface area contributed by atoms with Crippen LogP contribution in [0.15, 0.2) is 24.3 Å². The summed E-state index contributed by atoms with van der Waals surface area (Å²) < 4.78 is 0. The van der Waals surface area contributed by atoms with Crippen molar-refractivity contribution in [2.24, 2.45) is 29.0 Å². The van der Waals surface area contributed by atoms with E-state index in [-0.39, 0.29) is 56.6 Å². The van der Waals surface area contributed by atoms with E-state index in [1.165, 1.54) is 12.1 Å². The number of rotatable bonds is 18. The van der Waals surface area contributed by atoms with E-state index in [1.807, 2.05) is 0 Å². The van der Waals surface area contributed by atoms with Gasteiger partial charge in [-0.05, 0) is 55.2 Å². The zero-order valence-electron chi connectivity index (χ0n) is 37.3. The van der Waals surface area contributed by atoms with E-state index in [4.69, 9.17) is 17.2 Å². The van der Waals surface area contributed by atoms with Gasteiger partial charge in [-0.1, -0.05) is 59.1 Å². The summed E-state index contributed by atoms with van der Waals surface area (Å²) >= 11 is 0. The van der Waals surface area contributed by atoms with Crippen molar-refractivity contribution in [3.05, 3.63) is 29.8 Å². The van der Waals surface area contributed by atoms with Crippen molar-refractivity contribution in [3.8, 4) is 5.75 Å². The van der Waals surface area contributed by atoms with Gasteiger partial charge < -0.3 is 64.8 Å². The molecule has 0 bridgehead atoms. The van der Waals surface area contributed by atoms with E-state index in [0.717, 1.165) is 0 Å². The van der Waals surface area contributed by atoms with E-state index in [2.05, 4.69) is 42.5 Å². The van der Waals surface area contributed by atoms with Gasteiger partial charge >= 0.3 is 0 Å². The topological polar surface area (TPSA) is 382 Å². The largest absolute Gasteiger partial charge is 0.508 e. The van der Waals surface area contributed by atoms with Gasteiger partial charge in [-0.2, -0.15) is 0 Å². The number of benzene rings is 1. The predicted octanol–water partition coefficient (Wildman–Crippen LogP) is -3.24. The number of primary amides is 3. The summed E-state index contributed by atoms with van der Waals surface area (Å²) in [6.07, 6.45) is -0.434. The van der Waals surface area contributed by atoms with E-state index in [0.29, 0.717) is 18.4 Å². The number of hydrogen-bond acceptors (Lipinski definition) is 12. The molecule has 360 valence electrons. The van der Waals surface area contributed by atoms with Crippen molar-refractivity contribution in [1.29, 1.82) is 0 Å². The summed E-state index contributed by atoms with van der Waals surface area (Å²) in [5, 5.41) is 29.8. The molecule has 1 fully saturated rings. The quantitative estimate of drug-likeness (QED) is 0.0692. The first kappa shape index (κ1) is 54.3. The van der Waals surface area contributed by atoms with E-state index >= 15 is 0 Å². The van der Waals surface area contributed by atoms with Crippen LogP contribution in [0.3, 0.4) is 0 Å². The highest BCUT2D eigenvalue weighted by atomic mass is 16.3. The number of amides is 11. The molecule has 23 nitrogen and oxygen atoms in total. The Morgan fingerprint density at radius 1 is 0.723 bits per heavy atom. The summed E-state index contributed by atoms with van der Waals surface area (Å²) in [4.78, 5) is 143. The van der Waals surface area contributed by atoms with Crippen LogP contribution >= 0.6 is 0 Å². The van der Waals surface area contributed by atoms with Crippen LogP contribution in [0.25, 0.3) is 0 Å². The van der Waals surface area contributed by atoms with Crippen LogP contribution in [0.4, 0.5) is 0 Å². The van der Waals surface area contributed by atoms with Crippen molar-refractivity contribution in [2.75, 3.05) is 13.1 Å². The van der Waals surface area contributed by atoms with Crippen LogP contribution < -0.4 is 59.7 Å². The third kappa shape index (κ3) is 20.5. The van der Waals surface area contributed by atoms with Gasteiger partial charge in [-0.25, -0.2) is 0 Å². The summed E-state index contributed by atoms with van der Waals surface area (Å²) in [5.41, 5.74) is 16.5. The van der Waals surface area contributed by atoms with Crippen LogP contribution in [0.1, 0.15) is 97.5 Å². The second-order valence-electron chi connectivity index (χ2n) is 16.5. The van der Waals surface area contributed by atoms with Gasteiger partial charge in [0.05, 0.1) is 19.5 Å². The first-order chi connectivity index (χ1) is 30.6. The number of hydrogen-bond donors (Lipinski definition) is 12. The van der Waals surface area contributed by atoms with Crippen molar-refractivity contribution < 1.29 is 57.8 Å². The smallest absolute Gasteiger partial charge is 0.243 e. The van der Waals surface area contributed by atoms with Gasteiger partial charge in [0.15, 0.2) is 0 Å². The molecule has 1 heterocycles. The first-order valence-electron chi connectivity index (χ1n) is 21.6.